The highest BCUT2D eigenvalue weighted by Crippen LogP contribution is 2.27. The summed E-state index contributed by atoms with van der Waals surface area (Å²) in [7, 11) is -3.68. The van der Waals surface area contributed by atoms with Crippen molar-refractivity contribution in [2.75, 3.05) is 11.9 Å². The van der Waals surface area contributed by atoms with E-state index in [1.54, 1.807) is 0 Å². The van der Waals surface area contributed by atoms with E-state index >= 15 is 0 Å². The Kier molecular flexibility index (Phi) is 7.94. The van der Waals surface area contributed by atoms with Gasteiger partial charge in [0.15, 0.2) is 11.5 Å². The Bertz CT molecular complexity index is 1030. The molecule has 1 aliphatic carbocycles. The van der Waals surface area contributed by atoms with Gasteiger partial charge in [-0.1, -0.05) is 0 Å². The highest BCUT2D eigenvalue weighted by Gasteiger charge is 2.23. The molecular weight excluding hydrogens is 497 g/mol. The molecule has 0 aliphatic heterocycles. The zero-order valence-electron chi connectivity index (χ0n) is 16.4. The molecule has 0 bridgehead atoms. The van der Waals surface area contributed by atoms with Crippen molar-refractivity contribution in [3.05, 3.63) is 34.2 Å². The Hall–Kier alpha value is -2.13. The molecule has 1 fully saturated rings. The van der Waals surface area contributed by atoms with Gasteiger partial charge >= 0.3 is 0 Å². The molecule has 0 amide bonds. The third-order valence-electron chi connectivity index (χ3n) is 4.99. The second-order valence-electron chi connectivity index (χ2n) is 7.23. The monoisotopic (exact) mass is 519 g/mol. The van der Waals surface area contributed by atoms with Gasteiger partial charge in [0.2, 0.25) is 5.82 Å². The molecule has 1 aromatic carbocycles. The molecule has 11 nitrogen and oxygen atoms in total. The van der Waals surface area contributed by atoms with Crippen LogP contribution in [0.4, 0.5) is 15.9 Å². The van der Waals surface area contributed by atoms with Crippen LogP contribution in [0.2, 0.25) is 0 Å². The van der Waals surface area contributed by atoms with E-state index in [0.717, 1.165) is 32.1 Å². The molecular formula is C17H23BrFN7O4S. The molecule has 31 heavy (non-hydrogen) atoms. The molecule has 0 radical (unpaired) electrons. The van der Waals surface area contributed by atoms with Crippen LogP contribution in [0.25, 0.3) is 0 Å². The lowest BCUT2D eigenvalue weighted by molar-refractivity contribution is 0.234. The number of rotatable bonds is 8. The Morgan fingerprint density at radius 2 is 2.06 bits per heavy atom. The summed E-state index contributed by atoms with van der Waals surface area (Å²) in [6.45, 7) is 0.569. The molecule has 0 atom stereocenters. The molecule has 1 aliphatic rings. The van der Waals surface area contributed by atoms with Gasteiger partial charge in [0, 0.05) is 12.6 Å². The number of hydrogen-bond acceptors (Lipinski definition) is 8. The average molecular weight is 520 g/mol. The van der Waals surface area contributed by atoms with Crippen LogP contribution in [0.5, 0.6) is 0 Å². The fraction of sp³-hybridized carbons (Fsp3) is 0.471. The minimum Gasteiger partial charge on any atom is -0.365 e. The van der Waals surface area contributed by atoms with Crippen molar-refractivity contribution in [3.8, 4) is 0 Å². The maximum Gasteiger partial charge on any atom is 0.274 e. The van der Waals surface area contributed by atoms with Gasteiger partial charge in [-0.15, -0.1) is 0 Å². The predicted octanol–water partition coefficient (Wildman–Crippen LogP) is 2.18. The van der Waals surface area contributed by atoms with E-state index < -0.39 is 16.0 Å². The molecule has 14 heteroatoms. The van der Waals surface area contributed by atoms with Crippen LogP contribution in [0.15, 0.2) is 32.3 Å². The summed E-state index contributed by atoms with van der Waals surface area (Å²) < 4.78 is 43.1. The third kappa shape index (κ3) is 6.93. The zero-order valence-corrected chi connectivity index (χ0v) is 18.8. The van der Waals surface area contributed by atoms with Crippen molar-refractivity contribution in [1.82, 2.24) is 20.5 Å². The standard InChI is InChI=1S/C17H23BrFN7O4S/c18-13-9-12(5-6-14(13)19)22-17(23-27)15-16(25-30-24-15)21-8-7-10-1-3-11(4-2-10)26-31(20,28)29/h5-6,9-11,26-27H,1-4,7-8H2,(H,21,25)(H,22,23)(H2,20,28,29). The summed E-state index contributed by atoms with van der Waals surface area (Å²) in [5.74, 6) is 0.273. The number of hydrogen-bond donors (Lipinski definition) is 5. The van der Waals surface area contributed by atoms with E-state index in [2.05, 4.69) is 41.3 Å². The van der Waals surface area contributed by atoms with Gasteiger partial charge in [0.05, 0.1) is 10.2 Å². The van der Waals surface area contributed by atoms with Crippen molar-refractivity contribution < 1.29 is 22.6 Å². The first kappa shape index (κ1) is 23.5. The van der Waals surface area contributed by atoms with Crippen LogP contribution in [0.3, 0.4) is 0 Å². The van der Waals surface area contributed by atoms with Gasteiger partial charge < -0.3 is 5.32 Å². The summed E-state index contributed by atoms with van der Waals surface area (Å²) in [6.07, 6.45) is 4.05. The quantitative estimate of drug-likeness (QED) is 0.201. The molecule has 1 heterocycles. The SMILES string of the molecule is NS(=O)(=O)NC1CCC(CCNc2nonc2C(=Nc2ccc(F)c(Br)c2)NO)CC1. The topological polar surface area (TPSA) is 168 Å². The number of aromatic nitrogens is 2. The lowest BCUT2D eigenvalue weighted by Gasteiger charge is -2.28. The number of anilines is 1. The summed E-state index contributed by atoms with van der Waals surface area (Å²) in [5, 5.41) is 25.2. The summed E-state index contributed by atoms with van der Waals surface area (Å²) >= 11 is 3.09. The van der Waals surface area contributed by atoms with E-state index in [0.29, 0.717) is 24.0 Å². The summed E-state index contributed by atoms with van der Waals surface area (Å²) in [4.78, 5) is 4.21. The van der Waals surface area contributed by atoms with E-state index in [-0.39, 0.29) is 22.0 Å². The molecule has 1 saturated carbocycles. The van der Waals surface area contributed by atoms with Crippen LogP contribution in [-0.2, 0) is 10.2 Å². The van der Waals surface area contributed by atoms with Gasteiger partial charge in [0.25, 0.3) is 10.2 Å². The van der Waals surface area contributed by atoms with Crippen LogP contribution >= 0.6 is 15.9 Å². The Labute approximate surface area is 186 Å². The van der Waals surface area contributed by atoms with E-state index in [4.69, 9.17) is 9.77 Å². The van der Waals surface area contributed by atoms with Crippen molar-refractivity contribution in [2.24, 2.45) is 16.0 Å². The maximum atomic E-state index is 13.4. The number of nitrogens with one attached hydrogen (secondary N) is 3. The average Bonchev–Trinajstić information content (AvgIpc) is 3.17. The molecule has 170 valence electrons. The second kappa shape index (κ2) is 10.5. The first-order valence-corrected chi connectivity index (χ1v) is 11.9. The number of nitrogens with two attached hydrogens (primary N) is 1. The van der Waals surface area contributed by atoms with E-state index in [1.165, 1.54) is 18.2 Å². The van der Waals surface area contributed by atoms with Crippen LogP contribution in [0.1, 0.15) is 37.8 Å². The van der Waals surface area contributed by atoms with Crippen LogP contribution in [0, 0.1) is 11.7 Å². The smallest absolute Gasteiger partial charge is 0.274 e. The fourth-order valence-electron chi connectivity index (χ4n) is 3.47. The summed E-state index contributed by atoms with van der Waals surface area (Å²) in [6, 6.07) is 4.02. The largest absolute Gasteiger partial charge is 0.365 e. The van der Waals surface area contributed by atoms with E-state index in [1.807, 2.05) is 5.48 Å². The summed E-state index contributed by atoms with van der Waals surface area (Å²) in [5.41, 5.74) is 2.51. The van der Waals surface area contributed by atoms with Crippen molar-refractivity contribution in [1.29, 1.82) is 0 Å². The third-order valence-corrected chi connectivity index (χ3v) is 6.26. The molecule has 2 aromatic rings. The van der Waals surface area contributed by atoms with Gasteiger partial charge in [0.1, 0.15) is 5.82 Å². The van der Waals surface area contributed by atoms with Crippen molar-refractivity contribution >= 4 is 43.5 Å². The molecule has 0 spiro atoms. The van der Waals surface area contributed by atoms with Gasteiger partial charge in [-0.3, -0.25) is 10.7 Å². The van der Waals surface area contributed by atoms with Gasteiger partial charge in [-0.05, 0) is 82.5 Å². The molecule has 3 rings (SSSR count). The van der Waals surface area contributed by atoms with E-state index in [9.17, 15) is 18.0 Å². The van der Waals surface area contributed by atoms with Gasteiger partial charge in [-0.25, -0.2) is 19.2 Å². The molecule has 0 saturated heterocycles. The number of halogens is 2. The highest BCUT2D eigenvalue weighted by molar-refractivity contribution is 9.10. The van der Waals surface area contributed by atoms with Gasteiger partial charge in [-0.2, -0.15) is 13.1 Å². The predicted molar refractivity (Wildman–Crippen MR) is 115 cm³/mol. The zero-order chi connectivity index (χ0) is 22.4. The number of benzene rings is 1. The molecule has 0 unspecified atom stereocenters. The normalized spacial score (nSPS) is 19.9. The second-order valence-corrected chi connectivity index (χ2v) is 9.41. The number of nitrogens with zero attached hydrogens (tertiary/aromatic N) is 3. The number of aliphatic imine (C=N–C) groups is 1. The first-order chi connectivity index (χ1) is 14.7. The Morgan fingerprint density at radius 1 is 1.32 bits per heavy atom. The minimum atomic E-state index is -3.68. The fourth-order valence-corrected chi connectivity index (χ4v) is 4.54. The van der Waals surface area contributed by atoms with Crippen molar-refractivity contribution in [3.63, 3.8) is 0 Å². The molecule has 1 aromatic heterocycles. The Morgan fingerprint density at radius 3 is 2.71 bits per heavy atom. The number of hydroxylamine groups is 1. The lowest BCUT2D eigenvalue weighted by Crippen LogP contribution is -2.41. The minimum absolute atomic E-state index is 0.0168. The van der Waals surface area contributed by atoms with Crippen LogP contribution in [-0.4, -0.2) is 42.4 Å². The molecule has 6 N–H and O–H groups in total. The van der Waals surface area contributed by atoms with Crippen LogP contribution < -0.4 is 20.7 Å². The first-order valence-electron chi connectivity index (χ1n) is 9.56. The Balaban J connectivity index is 1.55. The van der Waals surface area contributed by atoms with Crippen molar-refractivity contribution in [2.45, 2.75) is 38.1 Å². The lowest BCUT2D eigenvalue weighted by atomic mass is 9.84. The number of amidine groups is 1. The highest BCUT2D eigenvalue weighted by atomic mass is 79.9. The maximum absolute atomic E-state index is 13.4.